The van der Waals surface area contributed by atoms with Gasteiger partial charge in [0.15, 0.2) is 0 Å². The van der Waals surface area contributed by atoms with Crippen molar-refractivity contribution in [3.05, 3.63) is 0 Å². The predicted molar refractivity (Wildman–Crippen MR) is 82.4 cm³/mol. The van der Waals surface area contributed by atoms with Gasteiger partial charge in [-0.3, -0.25) is 4.79 Å². The molecule has 0 aromatic rings. The lowest BCUT2D eigenvalue weighted by Crippen LogP contribution is -2.53. The lowest BCUT2D eigenvalue weighted by Gasteiger charge is -2.55. The molecule has 2 nitrogen and oxygen atoms in total. The van der Waals surface area contributed by atoms with Crippen molar-refractivity contribution >= 4 is 5.97 Å². The summed E-state index contributed by atoms with van der Waals surface area (Å²) in [6, 6.07) is 0. The number of ether oxygens (including phenoxy) is 1. The molecule has 0 aliphatic heterocycles. The van der Waals surface area contributed by atoms with Gasteiger partial charge in [-0.2, -0.15) is 0 Å². The lowest BCUT2D eigenvalue weighted by atomic mass is 9.53. The van der Waals surface area contributed by atoms with E-state index >= 15 is 0 Å². The molecule has 2 aliphatic rings. The fraction of sp³-hybridized carbons (Fsp3) is 0.944. The van der Waals surface area contributed by atoms with Crippen molar-refractivity contribution in [2.75, 3.05) is 0 Å². The highest BCUT2D eigenvalue weighted by atomic mass is 16.6. The summed E-state index contributed by atoms with van der Waals surface area (Å²) in [4.78, 5) is 12.3. The fourth-order valence-corrected chi connectivity index (χ4v) is 4.48. The lowest BCUT2D eigenvalue weighted by molar-refractivity contribution is -0.192. The van der Waals surface area contributed by atoms with Gasteiger partial charge in [0.25, 0.3) is 0 Å². The number of fused-ring (bicyclic) bond motifs is 2. The maximum absolute atomic E-state index is 12.3. The van der Waals surface area contributed by atoms with Crippen LogP contribution in [0.3, 0.4) is 0 Å². The van der Waals surface area contributed by atoms with Crippen LogP contribution in [-0.2, 0) is 9.53 Å². The highest BCUT2D eigenvalue weighted by molar-refractivity contribution is 5.75. The average molecular weight is 280 g/mol. The van der Waals surface area contributed by atoms with E-state index in [1.807, 2.05) is 20.8 Å². The van der Waals surface area contributed by atoms with Crippen LogP contribution in [0.15, 0.2) is 0 Å². The maximum Gasteiger partial charge on any atom is 0.311 e. The van der Waals surface area contributed by atoms with Crippen molar-refractivity contribution in [1.29, 1.82) is 0 Å². The quantitative estimate of drug-likeness (QED) is 0.668. The van der Waals surface area contributed by atoms with E-state index in [1.165, 1.54) is 38.5 Å². The summed E-state index contributed by atoms with van der Waals surface area (Å²) < 4.78 is 6.03. The topological polar surface area (TPSA) is 26.3 Å². The zero-order valence-corrected chi connectivity index (χ0v) is 14.2. The monoisotopic (exact) mass is 280 g/mol. The van der Waals surface area contributed by atoms with Crippen LogP contribution in [0.1, 0.15) is 80.1 Å². The molecule has 0 amide bonds. The third-order valence-corrected chi connectivity index (χ3v) is 5.66. The second kappa shape index (κ2) is 5.03. The third-order valence-electron chi connectivity index (χ3n) is 5.66. The molecule has 2 heteroatoms. The van der Waals surface area contributed by atoms with E-state index in [2.05, 4.69) is 20.8 Å². The molecule has 116 valence electrons. The Morgan fingerprint density at radius 2 is 1.80 bits per heavy atom. The van der Waals surface area contributed by atoms with Crippen LogP contribution in [0.5, 0.6) is 0 Å². The van der Waals surface area contributed by atoms with Gasteiger partial charge in [-0.15, -0.1) is 0 Å². The van der Waals surface area contributed by atoms with Crippen molar-refractivity contribution in [2.45, 2.75) is 85.7 Å². The van der Waals surface area contributed by atoms with Crippen LogP contribution in [0.2, 0.25) is 0 Å². The first-order valence-corrected chi connectivity index (χ1v) is 8.29. The smallest absolute Gasteiger partial charge is 0.311 e. The van der Waals surface area contributed by atoms with Crippen LogP contribution >= 0.6 is 0 Å². The minimum Gasteiger partial charge on any atom is -0.459 e. The second-order valence-electron chi connectivity index (χ2n) is 8.94. The maximum atomic E-state index is 12.3. The molecule has 0 radical (unpaired) electrons. The van der Waals surface area contributed by atoms with Crippen LogP contribution in [0, 0.1) is 22.7 Å². The Morgan fingerprint density at radius 3 is 2.40 bits per heavy atom. The molecule has 20 heavy (non-hydrogen) atoms. The number of carbonyl (C=O) groups is 1. The molecular formula is C18H32O2. The molecular weight excluding hydrogens is 248 g/mol. The minimum atomic E-state index is -0.414. The van der Waals surface area contributed by atoms with Crippen LogP contribution < -0.4 is 0 Å². The highest BCUT2D eigenvalue weighted by Crippen LogP contribution is 2.57. The standard InChI is InChI=1S/C18H32O2/c1-13-10-14-8-7-9-18(11-13,12-14)17(5,6)20-15(19)16(2,3)4/h13-14H,7-12H2,1-6H3. The van der Waals surface area contributed by atoms with Gasteiger partial charge < -0.3 is 4.74 Å². The molecule has 3 unspecified atom stereocenters. The van der Waals surface area contributed by atoms with E-state index in [1.54, 1.807) is 0 Å². The Balaban J connectivity index is 2.20. The van der Waals surface area contributed by atoms with Crippen molar-refractivity contribution < 1.29 is 9.53 Å². The first-order valence-electron chi connectivity index (χ1n) is 8.29. The van der Waals surface area contributed by atoms with Crippen LogP contribution in [0.25, 0.3) is 0 Å². The fourth-order valence-electron chi connectivity index (χ4n) is 4.48. The Hall–Kier alpha value is -0.530. The zero-order chi connectivity index (χ0) is 15.2. The molecule has 0 heterocycles. The summed E-state index contributed by atoms with van der Waals surface area (Å²) in [6.45, 7) is 12.5. The Morgan fingerprint density at radius 1 is 1.15 bits per heavy atom. The van der Waals surface area contributed by atoms with Gasteiger partial charge in [0.2, 0.25) is 0 Å². The Labute approximate surface area is 124 Å². The van der Waals surface area contributed by atoms with Crippen molar-refractivity contribution in [1.82, 2.24) is 0 Å². The number of rotatable bonds is 2. The average Bonchev–Trinajstić information content (AvgIpc) is 2.25. The first kappa shape index (κ1) is 15.9. The molecule has 2 aliphatic carbocycles. The van der Waals surface area contributed by atoms with E-state index in [0.717, 1.165) is 11.8 Å². The van der Waals surface area contributed by atoms with Crippen LogP contribution in [0.4, 0.5) is 0 Å². The number of carbonyl (C=O) groups excluding carboxylic acids is 1. The highest BCUT2D eigenvalue weighted by Gasteiger charge is 2.53. The van der Waals surface area contributed by atoms with Gasteiger partial charge in [-0.05, 0) is 72.1 Å². The largest absolute Gasteiger partial charge is 0.459 e. The summed E-state index contributed by atoms with van der Waals surface area (Å²) >= 11 is 0. The second-order valence-corrected chi connectivity index (χ2v) is 8.94. The van der Waals surface area contributed by atoms with Crippen molar-refractivity contribution in [3.63, 3.8) is 0 Å². The molecule has 2 bridgehead atoms. The summed E-state index contributed by atoms with van der Waals surface area (Å²) in [5, 5.41) is 0. The summed E-state index contributed by atoms with van der Waals surface area (Å²) in [6.07, 6.45) is 7.72. The molecule has 0 N–H and O–H groups in total. The molecule has 0 spiro atoms. The molecule has 3 atom stereocenters. The molecule has 0 aromatic carbocycles. The molecule has 2 saturated carbocycles. The van der Waals surface area contributed by atoms with E-state index in [4.69, 9.17) is 4.74 Å². The summed E-state index contributed by atoms with van der Waals surface area (Å²) in [7, 11) is 0. The van der Waals surface area contributed by atoms with Gasteiger partial charge in [-0.1, -0.05) is 19.8 Å². The number of hydrogen-bond donors (Lipinski definition) is 0. The van der Waals surface area contributed by atoms with Crippen molar-refractivity contribution in [2.24, 2.45) is 22.7 Å². The zero-order valence-electron chi connectivity index (χ0n) is 14.2. The normalized spacial score (nSPS) is 34.7. The third kappa shape index (κ3) is 2.89. The SMILES string of the molecule is CC1CC2CCCC(C(C)(C)OC(=O)C(C)(C)C)(C1)C2. The Kier molecular flexibility index (Phi) is 3.99. The Bertz CT molecular complexity index is 373. The van der Waals surface area contributed by atoms with Gasteiger partial charge in [0, 0.05) is 5.41 Å². The molecule has 2 rings (SSSR count). The van der Waals surface area contributed by atoms with Crippen molar-refractivity contribution in [3.8, 4) is 0 Å². The molecule has 0 aromatic heterocycles. The number of esters is 1. The summed E-state index contributed by atoms with van der Waals surface area (Å²) in [5.41, 5.74) is -0.554. The number of hydrogen-bond acceptors (Lipinski definition) is 2. The van der Waals surface area contributed by atoms with Gasteiger partial charge in [0.1, 0.15) is 5.60 Å². The summed E-state index contributed by atoms with van der Waals surface area (Å²) in [5.74, 6) is 1.55. The van der Waals surface area contributed by atoms with Gasteiger partial charge in [-0.25, -0.2) is 0 Å². The van der Waals surface area contributed by atoms with Gasteiger partial charge in [0.05, 0.1) is 5.41 Å². The van der Waals surface area contributed by atoms with Crippen LogP contribution in [-0.4, -0.2) is 11.6 Å². The van der Waals surface area contributed by atoms with E-state index < -0.39 is 5.41 Å². The van der Waals surface area contributed by atoms with E-state index in [-0.39, 0.29) is 17.0 Å². The predicted octanol–water partition coefficient (Wildman–Crippen LogP) is 4.96. The minimum absolute atomic E-state index is 0.0581. The van der Waals surface area contributed by atoms with Gasteiger partial charge >= 0.3 is 5.97 Å². The molecule has 0 saturated heterocycles. The molecule has 2 fully saturated rings. The van der Waals surface area contributed by atoms with E-state index in [9.17, 15) is 4.79 Å². The first-order chi connectivity index (χ1) is 9.06. The van der Waals surface area contributed by atoms with E-state index in [0.29, 0.717) is 0 Å².